The van der Waals surface area contributed by atoms with Crippen LogP contribution in [0.15, 0.2) is 42.5 Å². The summed E-state index contributed by atoms with van der Waals surface area (Å²) in [6, 6.07) is 12.8. The third kappa shape index (κ3) is 3.66. The summed E-state index contributed by atoms with van der Waals surface area (Å²) < 4.78 is 21.4. The Bertz CT molecular complexity index is 1010. The number of esters is 1. The van der Waals surface area contributed by atoms with E-state index in [0.717, 1.165) is 41.4 Å². The first-order valence-electron chi connectivity index (χ1n) is 9.77. The van der Waals surface area contributed by atoms with Gasteiger partial charge in [0, 0.05) is 34.1 Å². The fourth-order valence-corrected chi connectivity index (χ4v) is 4.50. The maximum atomic E-state index is 14.0. The molecule has 1 atom stereocenters. The van der Waals surface area contributed by atoms with Gasteiger partial charge in [0.25, 0.3) is 0 Å². The minimum atomic E-state index is -0.230. The monoisotopic (exact) mass is 399 g/mol. The predicted octanol–water partition coefficient (Wildman–Crippen LogP) is 5.86. The van der Waals surface area contributed by atoms with Crippen molar-refractivity contribution in [3.63, 3.8) is 0 Å². The largest absolute Gasteiger partial charge is 0.466 e. The number of rotatable bonds is 5. The van der Waals surface area contributed by atoms with Gasteiger partial charge in [0.1, 0.15) is 5.82 Å². The van der Waals surface area contributed by atoms with Gasteiger partial charge in [-0.15, -0.1) is 0 Å². The van der Waals surface area contributed by atoms with Crippen LogP contribution in [0.2, 0.25) is 5.02 Å². The van der Waals surface area contributed by atoms with Gasteiger partial charge in [-0.3, -0.25) is 4.79 Å². The predicted molar refractivity (Wildman–Crippen MR) is 109 cm³/mol. The lowest BCUT2D eigenvalue weighted by Crippen LogP contribution is -2.19. The molecule has 0 amide bonds. The van der Waals surface area contributed by atoms with Crippen LogP contribution in [0.3, 0.4) is 0 Å². The van der Waals surface area contributed by atoms with Gasteiger partial charge < -0.3 is 9.30 Å². The molecule has 0 bridgehead atoms. The van der Waals surface area contributed by atoms with E-state index in [1.54, 1.807) is 6.07 Å². The molecule has 5 heteroatoms. The Morgan fingerprint density at radius 2 is 2.04 bits per heavy atom. The summed E-state index contributed by atoms with van der Waals surface area (Å²) >= 11 is 6.03. The summed E-state index contributed by atoms with van der Waals surface area (Å²) in [5, 5.41) is 1.66. The molecule has 3 aromatic rings. The summed E-state index contributed by atoms with van der Waals surface area (Å²) in [7, 11) is 0. The summed E-state index contributed by atoms with van der Waals surface area (Å²) in [6.45, 7) is 2.87. The molecular weight excluding hydrogens is 377 g/mol. The summed E-state index contributed by atoms with van der Waals surface area (Å²) in [5.74, 6) is -0.313. The highest BCUT2D eigenvalue weighted by Gasteiger charge is 2.29. The first-order valence-corrected chi connectivity index (χ1v) is 10.1. The number of hydrogen-bond acceptors (Lipinski definition) is 2. The molecule has 0 fully saturated rings. The molecule has 0 N–H and O–H groups in total. The topological polar surface area (TPSA) is 31.2 Å². The molecule has 0 saturated heterocycles. The van der Waals surface area contributed by atoms with E-state index in [1.165, 1.54) is 11.6 Å². The van der Waals surface area contributed by atoms with Gasteiger partial charge in [-0.1, -0.05) is 23.7 Å². The zero-order valence-corrected chi connectivity index (χ0v) is 16.6. The van der Waals surface area contributed by atoms with Crippen LogP contribution >= 0.6 is 11.6 Å². The van der Waals surface area contributed by atoms with Crippen molar-refractivity contribution >= 4 is 28.5 Å². The van der Waals surface area contributed by atoms with Gasteiger partial charge in [-0.2, -0.15) is 0 Å². The number of halogens is 2. The number of fused-ring (bicyclic) bond motifs is 3. The SMILES string of the molecule is CCOC(=O)CC1CCCc2c1n(Cc1ccc(Cl)cc1)c1ccc(F)cc21. The van der Waals surface area contributed by atoms with Gasteiger partial charge in [0.15, 0.2) is 0 Å². The molecule has 1 aliphatic carbocycles. The van der Waals surface area contributed by atoms with Crippen molar-refractivity contribution in [1.29, 1.82) is 0 Å². The van der Waals surface area contributed by atoms with Gasteiger partial charge >= 0.3 is 5.97 Å². The molecule has 146 valence electrons. The Balaban J connectivity index is 1.82. The van der Waals surface area contributed by atoms with Crippen molar-refractivity contribution in [3.8, 4) is 0 Å². The average molecular weight is 400 g/mol. The van der Waals surface area contributed by atoms with Gasteiger partial charge in [0.2, 0.25) is 0 Å². The Morgan fingerprint density at radius 3 is 2.79 bits per heavy atom. The fourth-order valence-electron chi connectivity index (χ4n) is 4.37. The minimum Gasteiger partial charge on any atom is -0.466 e. The van der Waals surface area contributed by atoms with Crippen molar-refractivity contribution in [2.45, 2.75) is 45.1 Å². The van der Waals surface area contributed by atoms with Gasteiger partial charge in [-0.05, 0) is 67.6 Å². The van der Waals surface area contributed by atoms with Crippen molar-refractivity contribution in [2.24, 2.45) is 0 Å². The molecule has 0 saturated carbocycles. The zero-order chi connectivity index (χ0) is 19.7. The number of carbonyl (C=O) groups excluding carboxylic acids is 1. The highest BCUT2D eigenvalue weighted by molar-refractivity contribution is 6.30. The molecule has 2 aromatic carbocycles. The standard InChI is InChI=1S/C23H23ClFNO2/c1-2-28-22(27)12-16-4-3-5-19-20-13-18(25)10-11-21(20)26(23(16)19)14-15-6-8-17(24)9-7-15/h6-11,13,16H,2-5,12,14H2,1H3. The Labute approximate surface area is 169 Å². The third-order valence-corrected chi connectivity index (χ3v) is 5.76. The third-order valence-electron chi connectivity index (χ3n) is 5.51. The van der Waals surface area contributed by atoms with E-state index >= 15 is 0 Å². The number of aromatic nitrogens is 1. The second kappa shape index (κ2) is 7.96. The molecule has 0 spiro atoms. The maximum Gasteiger partial charge on any atom is 0.306 e. The van der Waals surface area contributed by atoms with Crippen molar-refractivity contribution in [1.82, 2.24) is 4.57 Å². The second-order valence-corrected chi connectivity index (χ2v) is 7.77. The van der Waals surface area contributed by atoms with E-state index < -0.39 is 0 Å². The van der Waals surface area contributed by atoms with Crippen LogP contribution in [0.5, 0.6) is 0 Å². The average Bonchev–Trinajstić information content (AvgIpc) is 2.98. The molecule has 4 rings (SSSR count). The van der Waals surface area contributed by atoms with Crippen LogP contribution in [-0.2, 0) is 22.5 Å². The van der Waals surface area contributed by atoms with Crippen LogP contribution in [-0.4, -0.2) is 17.1 Å². The minimum absolute atomic E-state index is 0.0885. The fraction of sp³-hybridized carbons (Fsp3) is 0.348. The number of carbonyl (C=O) groups is 1. The first-order chi connectivity index (χ1) is 13.6. The maximum absolute atomic E-state index is 14.0. The van der Waals surface area contributed by atoms with E-state index in [9.17, 15) is 9.18 Å². The zero-order valence-electron chi connectivity index (χ0n) is 15.9. The van der Waals surface area contributed by atoms with E-state index in [1.807, 2.05) is 37.3 Å². The first kappa shape index (κ1) is 19.0. The van der Waals surface area contributed by atoms with Crippen molar-refractivity contribution < 1.29 is 13.9 Å². The smallest absolute Gasteiger partial charge is 0.306 e. The molecule has 1 heterocycles. The quantitative estimate of drug-likeness (QED) is 0.503. The van der Waals surface area contributed by atoms with Crippen LogP contribution in [0.25, 0.3) is 10.9 Å². The number of benzene rings is 2. The molecule has 0 radical (unpaired) electrons. The highest BCUT2D eigenvalue weighted by atomic mass is 35.5. The molecule has 1 unspecified atom stereocenters. The van der Waals surface area contributed by atoms with Crippen molar-refractivity contribution in [3.05, 3.63) is 70.1 Å². The van der Waals surface area contributed by atoms with Crippen LogP contribution < -0.4 is 0 Å². The Hall–Kier alpha value is -2.33. The van der Waals surface area contributed by atoms with Crippen LogP contribution in [0.4, 0.5) is 4.39 Å². The number of hydrogen-bond donors (Lipinski definition) is 0. The van der Waals surface area contributed by atoms with E-state index in [-0.39, 0.29) is 17.7 Å². The van der Waals surface area contributed by atoms with E-state index in [2.05, 4.69) is 4.57 Å². The highest BCUT2D eigenvalue weighted by Crippen LogP contribution is 2.41. The molecule has 0 aliphatic heterocycles. The summed E-state index contributed by atoms with van der Waals surface area (Å²) in [5.41, 5.74) is 4.45. The lowest BCUT2D eigenvalue weighted by atomic mass is 9.84. The van der Waals surface area contributed by atoms with Crippen LogP contribution in [0, 0.1) is 5.82 Å². The molecule has 1 aliphatic rings. The number of ether oxygens (including phenoxy) is 1. The summed E-state index contributed by atoms with van der Waals surface area (Å²) in [4.78, 5) is 12.2. The lowest BCUT2D eigenvalue weighted by Gasteiger charge is -2.25. The Kier molecular flexibility index (Phi) is 5.40. The number of nitrogens with zero attached hydrogens (tertiary/aromatic N) is 1. The van der Waals surface area contributed by atoms with Gasteiger partial charge in [-0.25, -0.2) is 4.39 Å². The summed E-state index contributed by atoms with van der Waals surface area (Å²) in [6.07, 6.45) is 3.20. The van der Waals surface area contributed by atoms with Crippen LogP contribution in [0.1, 0.15) is 48.9 Å². The molecular formula is C23H23ClFNO2. The van der Waals surface area contributed by atoms with E-state index in [0.29, 0.717) is 24.6 Å². The molecule has 28 heavy (non-hydrogen) atoms. The molecule has 3 nitrogen and oxygen atoms in total. The van der Waals surface area contributed by atoms with Crippen molar-refractivity contribution in [2.75, 3.05) is 6.61 Å². The molecule has 1 aromatic heterocycles. The lowest BCUT2D eigenvalue weighted by molar-refractivity contribution is -0.143. The number of aryl methyl sites for hydroxylation is 1. The van der Waals surface area contributed by atoms with Gasteiger partial charge in [0.05, 0.1) is 13.0 Å². The normalized spacial score (nSPS) is 16.2. The Morgan fingerprint density at radius 1 is 1.25 bits per heavy atom. The van der Waals surface area contributed by atoms with E-state index in [4.69, 9.17) is 16.3 Å². The second-order valence-electron chi connectivity index (χ2n) is 7.34.